The molecule has 2 aromatic rings. The number of hydrogen-bond acceptors (Lipinski definition) is 4. The van der Waals surface area contributed by atoms with Crippen LogP contribution in [0, 0.1) is 18.3 Å². The van der Waals surface area contributed by atoms with Gasteiger partial charge in [0.25, 0.3) is 5.91 Å². The monoisotopic (exact) mass is 362 g/mol. The summed E-state index contributed by atoms with van der Waals surface area (Å²) in [5.74, 6) is -0.590. The van der Waals surface area contributed by atoms with Crippen LogP contribution in [0.25, 0.3) is 6.08 Å². The van der Waals surface area contributed by atoms with E-state index in [1.807, 2.05) is 6.07 Å². The van der Waals surface area contributed by atoms with E-state index in [1.165, 1.54) is 19.1 Å². The molecule has 0 spiro atoms. The lowest BCUT2D eigenvalue weighted by atomic mass is 10.1. The molecule has 24 heavy (non-hydrogen) atoms. The van der Waals surface area contributed by atoms with Gasteiger partial charge in [0.15, 0.2) is 5.78 Å². The summed E-state index contributed by atoms with van der Waals surface area (Å²) in [6.07, 6.45) is 2.79. The maximum Gasteiger partial charge on any atom is 0.250 e. The van der Waals surface area contributed by atoms with Gasteiger partial charge in [-0.3, -0.25) is 14.9 Å². The van der Waals surface area contributed by atoms with Crippen LogP contribution in [-0.2, 0) is 4.79 Å². The minimum atomic E-state index is -0.513. The van der Waals surface area contributed by atoms with Gasteiger partial charge >= 0.3 is 0 Å². The number of aryl methyl sites for hydroxylation is 1. The van der Waals surface area contributed by atoms with Gasteiger partial charge in [-0.15, -0.1) is 0 Å². The molecule has 0 unspecified atom stereocenters. The summed E-state index contributed by atoms with van der Waals surface area (Å²) in [5.41, 5.74) is 0.859. The first kappa shape index (κ1) is 17.8. The minimum Gasteiger partial charge on any atom is -0.443 e. The normalized spacial score (nSPS) is 10.6. The van der Waals surface area contributed by atoms with Crippen molar-refractivity contribution in [1.29, 1.82) is 5.26 Å². The summed E-state index contributed by atoms with van der Waals surface area (Å²) >= 11 is 11.7. The standard InChI is InChI=1S/C17H12Cl2N2O3/c1-9(22)16-10(2)24-17(12(16)8-20)21-15(23)6-4-11-3-5-13(18)14(19)7-11/h3-7H,1-2H3,(H,21,23)/b6-4+. The van der Waals surface area contributed by atoms with Crippen LogP contribution < -0.4 is 5.32 Å². The van der Waals surface area contributed by atoms with Crippen LogP contribution >= 0.6 is 23.2 Å². The largest absolute Gasteiger partial charge is 0.443 e. The highest BCUT2D eigenvalue weighted by molar-refractivity contribution is 6.42. The lowest BCUT2D eigenvalue weighted by Gasteiger charge is -1.99. The Morgan fingerprint density at radius 2 is 2.00 bits per heavy atom. The molecule has 0 bridgehead atoms. The lowest BCUT2D eigenvalue weighted by Crippen LogP contribution is -2.08. The van der Waals surface area contributed by atoms with Gasteiger partial charge in [-0.1, -0.05) is 29.3 Å². The summed E-state index contributed by atoms with van der Waals surface area (Å²) in [7, 11) is 0. The first-order chi connectivity index (χ1) is 11.3. The summed E-state index contributed by atoms with van der Waals surface area (Å²) in [4.78, 5) is 23.5. The minimum absolute atomic E-state index is 0.0105. The number of nitriles is 1. The highest BCUT2D eigenvalue weighted by Gasteiger charge is 2.21. The van der Waals surface area contributed by atoms with Crippen molar-refractivity contribution in [2.75, 3.05) is 5.32 Å². The van der Waals surface area contributed by atoms with Crippen molar-refractivity contribution in [2.24, 2.45) is 0 Å². The van der Waals surface area contributed by atoms with Crippen molar-refractivity contribution in [1.82, 2.24) is 0 Å². The molecule has 0 aliphatic carbocycles. The van der Waals surface area contributed by atoms with Gasteiger partial charge in [0, 0.05) is 6.08 Å². The first-order valence-electron chi connectivity index (χ1n) is 6.82. The fraction of sp³-hybridized carbons (Fsp3) is 0.118. The van der Waals surface area contributed by atoms with E-state index >= 15 is 0 Å². The average Bonchev–Trinajstić information content (AvgIpc) is 2.83. The Labute approximate surface area is 148 Å². The quantitative estimate of drug-likeness (QED) is 0.635. The molecular formula is C17H12Cl2N2O3. The van der Waals surface area contributed by atoms with Gasteiger partial charge in [-0.25, -0.2) is 0 Å². The molecule has 2 rings (SSSR count). The van der Waals surface area contributed by atoms with Crippen LogP contribution in [0.4, 0.5) is 5.88 Å². The van der Waals surface area contributed by atoms with Crippen LogP contribution in [-0.4, -0.2) is 11.7 Å². The van der Waals surface area contributed by atoms with Crippen LogP contribution in [0.15, 0.2) is 28.7 Å². The second-order valence-corrected chi connectivity index (χ2v) is 5.72. The van der Waals surface area contributed by atoms with Gasteiger partial charge in [0.2, 0.25) is 5.88 Å². The molecule has 0 fully saturated rings. The molecule has 0 saturated heterocycles. The molecular weight excluding hydrogens is 351 g/mol. The number of halogens is 2. The van der Waals surface area contributed by atoms with E-state index in [-0.39, 0.29) is 28.6 Å². The van der Waals surface area contributed by atoms with E-state index in [0.717, 1.165) is 0 Å². The maximum atomic E-state index is 12.0. The predicted octanol–water partition coefficient (Wildman–Crippen LogP) is 4.62. The Kier molecular flexibility index (Phi) is 5.45. The van der Waals surface area contributed by atoms with Crippen molar-refractivity contribution in [3.63, 3.8) is 0 Å². The Hall–Kier alpha value is -2.55. The number of Topliss-reactive ketones (excluding diaryl/α,β-unsaturated/α-hetero) is 1. The zero-order valence-electron chi connectivity index (χ0n) is 12.8. The van der Waals surface area contributed by atoms with Crippen molar-refractivity contribution >= 4 is 46.9 Å². The highest BCUT2D eigenvalue weighted by atomic mass is 35.5. The van der Waals surface area contributed by atoms with Crippen LogP contribution in [0.2, 0.25) is 10.0 Å². The van der Waals surface area contributed by atoms with Gasteiger partial charge in [-0.05, 0) is 37.6 Å². The van der Waals surface area contributed by atoms with E-state index < -0.39 is 5.91 Å². The number of ketones is 1. The summed E-state index contributed by atoms with van der Waals surface area (Å²) < 4.78 is 5.31. The molecule has 7 heteroatoms. The molecule has 1 amide bonds. The van der Waals surface area contributed by atoms with Crippen molar-refractivity contribution in [2.45, 2.75) is 13.8 Å². The Bertz CT molecular complexity index is 892. The fourth-order valence-electron chi connectivity index (χ4n) is 2.10. The van der Waals surface area contributed by atoms with E-state index in [2.05, 4.69) is 5.32 Å². The average molecular weight is 363 g/mol. The molecule has 0 radical (unpaired) electrons. The molecule has 122 valence electrons. The van der Waals surface area contributed by atoms with E-state index in [4.69, 9.17) is 27.6 Å². The number of nitrogens with one attached hydrogen (secondary N) is 1. The lowest BCUT2D eigenvalue weighted by molar-refractivity contribution is -0.111. The van der Waals surface area contributed by atoms with Gasteiger partial charge in [0.1, 0.15) is 17.4 Å². The molecule has 0 aliphatic rings. The molecule has 1 N–H and O–H groups in total. The zero-order chi connectivity index (χ0) is 17.9. The number of benzene rings is 1. The summed E-state index contributed by atoms with van der Waals surface area (Å²) in [6.45, 7) is 2.88. The third kappa shape index (κ3) is 3.85. The van der Waals surface area contributed by atoms with Crippen LogP contribution in [0.1, 0.15) is 34.2 Å². The van der Waals surface area contributed by atoms with Crippen molar-refractivity contribution in [3.8, 4) is 6.07 Å². The molecule has 1 heterocycles. The van der Waals surface area contributed by atoms with Crippen LogP contribution in [0.3, 0.4) is 0 Å². The van der Waals surface area contributed by atoms with E-state index in [1.54, 1.807) is 25.1 Å². The predicted molar refractivity (Wildman–Crippen MR) is 92.3 cm³/mol. The number of amides is 1. The third-order valence-electron chi connectivity index (χ3n) is 3.16. The van der Waals surface area contributed by atoms with Crippen LogP contribution in [0.5, 0.6) is 0 Å². The number of anilines is 1. The number of nitrogens with zero attached hydrogens (tertiary/aromatic N) is 1. The Balaban J connectivity index is 2.20. The third-order valence-corrected chi connectivity index (χ3v) is 3.89. The topological polar surface area (TPSA) is 83.1 Å². The molecule has 1 aromatic carbocycles. The molecule has 5 nitrogen and oxygen atoms in total. The summed E-state index contributed by atoms with van der Waals surface area (Å²) in [6, 6.07) is 6.80. The fourth-order valence-corrected chi connectivity index (χ4v) is 2.41. The van der Waals surface area contributed by atoms with Gasteiger partial charge in [0.05, 0.1) is 15.6 Å². The second-order valence-electron chi connectivity index (χ2n) is 4.90. The first-order valence-corrected chi connectivity index (χ1v) is 7.57. The number of carbonyl (C=O) groups excluding carboxylic acids is 2. The SMILES string of the molecule is CC(=O)c1c(C)oc(NC(=O)/C=C/c2ccc(Cl)c(Cl)c2)c1C#N. The van der Waals surface area contributed by atoms with Gasteiger partial charge < -0.3 is 4.42 Å². The zero-order valence-corrected chi connectivity index (χ0v) is 14.3. The number of hydrogen-bond donors (Lipinski definition) is 1. The Morgan fingerprint density at radius 3 is 2.58 bits per heavy atom. The molecule has 0 aliphatic heterocycles. The smallest absolute Gasteiger partial charge is 0.250 e. The number of rotatable bonds is 4. The highest BCUT2D eigenvalue weighted by Crippen LogP contribution is 2.27. The number of furan rings is 1. The van der Waals surface area contributed by atoms with Gasteiger partial charge in [-0.2, -0.15) is 5.26 Å². The Morgan fingerprint density at radius 1 is 1.29 bits per heavy atom. The molecule has 1 aromatic heterocycles. The van der Waals surface area contributed by atoms with E-state index in [9.17, 15) is 14.9 Å². The van der Waals surface area contributed by atoms with E-state index in [0.29, 0.717) is 15.6 Å². The molecule has 0 atom stereocenters. The van der Waals surface area contributed by atoms with Crippen molar-refractivity contribution < 1.29 is 14.0 Å². The van der Waals surface area contributed by atoms with Crippen molar-refractivity contribution in [3.05, 3.63) is 56.8 Å². The molecule has 0 saturated carbocycles. The second kappa shape index (κ2) is 7.35. The number of carbonyl (C=O) groups is 2. The summed E-state index contributed by atoms with van der Waals surface area (Å²) in [5, 5.41) is 12.4. The maximum absolute atomic E-state index is 12.0.